The second-order valence-corrected chi connectivity index (χ2v) is 14.7. The topological polar surface area (TPSA) is 32.3 Å². The Morgan fingerprint density at radius 1 is 0.822 bits per heavy atom. The maximum atomic E-state index is 4.76. The van der Waals surface area contributed by atoms with Crippen LogP contribution in [0.15, 0.2) is 73.2 Å². The highest BCUT2D eigenvalue weighted by molar-refractivity contribution is 7.15. The molecule has 3 aliphatic carbocycles. The summed E-state index contributed by atoms with van der Waals surface area (Å²) in [6.07, 6.45) is 18.5. The van der Waals surface area contributed by atoms with Crippen molar-refractivity contribution < 1.29 is 0 Å². The van der Waals surface area contributed by atoms with E-state index in [4.69, 9.17) is 11.6 Å². The van der Waals surface area contributed by atoms with Crippen molar-refractivity contribution in [2.24, 2.45) is 11.8 Å². The van der Waals surface area contributed by atoms with E-state index < -0.39 is 0 Å². The van der Waals surface area contributed by atoms with Crippen molar-refractivity contribution in [2.75, 3.05) is 30.4 Å². The van der Waals surface area contributed by atoms with Crippen LogP contribution in [0.4, 0.5) is 11.5 Å². The summed E-state index contributed by atoms with van der Waals surface area (Å²) >= 11 is 1.89. The lowest BCUT2D eigenvalue weighted by Gasteiger charge is -2.38. The van der Waals surface area contributed by atoms with Crippen molar-refractivity contribution in [1.82, 2.24) is 9.97 Å². The van der Waals surface area contributed by atoms with Gasteiger partial charge in [-0.05, 0) is 112 Å². The fraction of sp³-hybridized carbons (Fsp3) is 0.550. The van der Waals surface area contributed by atoms with E-state index in [1.807, 2.05) is 39.0 Å². The van der Waals surface area contributed by atoms with Crippen LogP contribution < -0.4 is 9.80 Å². The summed E-state index contributed by atoms with van der Waals surface area (Å²) in [7, 11) is 4.11. The molecule has 45 heavy (non-hydrogen) atoms. The molecule has 6 rings (SSSR count). The summed E-state index contributed by atoms with van der Waals surface area (Å²) in [5, 5.41) is 1.32. The van der Waals surface area contributed by atoms with E-state index in [0.29, 0.717) is 23.7 Å². The highest BCUT2D eigenvalue weighted by atomic mass is 32.1. The molecule has 2 aromatic heterocycles. The molecule has 0 unspecified atom stereocenters. The van der Waals surface area contributed by atoms with Crippen LogP contribution in [0, 0.1) is 11.8 Å². The quantitative estimate of drug-likeness (QED) is 0.221. The molecule has 5 heteroatoms. The Bertz CT molecular complexity index is 1330. The van der Waals surface area contributed by atoms with Crippen LogP contribution in [-0.4, -0.2) is 30.6 Å². The first-order valence-electron chi connectivity index (χ1n) is 17.6. The van der Waals surface area contributed by atoms with Gasteiger partial charge in [-0.15, -0.1) is 17.9 Å². The largest absolute Gasteiger partial charge is 0.363 e. The number of hydrogen-bond acceptors (Lipinski definition) is 5. The summed E-state index contributed by atoms with van der Waals surface area (Å²) in [4.78, 5) is 15.4. The lowest BCUT2D eigenvalue weighted by molar-refractivity contribution is 0.323. The highest BCUT2D eigenvalue weighted by Crippen LogP contribution is 2.44. The summed E-state index contributed by atoms with van der Waals surface area (Å²) in [6.45, 7) is 17.3. The summed E-state index contributed by atoms with van der Waals surface area (Å²) in [6, 6.07) is 13.7. The van der Waals surface area contributed by atoms with Crippen molar-refractivity contribution in [3.05, 3.63) is 83.8 Å². The molecule has 4 nitrogen and oxygen atoms in total. The lowest BCUT2D eigenvalue weighted by atomic mass is 9.78. The van der Waals surface area contributed by atoms with Gasteiger partial charge < -0.3 is 9.80 Å². The van der Waals surface area contributed by atoms with Gasteiger partial charge in [0.15, 0.2) is 0 Å². The average molecular weight is 627 g/mol. The van der Waals surface area contributed by atoms with Gasteiger partial charge in [0.2, 0.25) is 0 Å². The Morgan fingerprint density at radius 2 is 1.49 bits per heavy atom. The molecule has 3 aromatic rings. The predicted octanol–water partition coefficient (Wildman–Crippen LogP) is 11.6. The molecule has 0 saturated heterocycles. The van der Waals surface area contributed by atoms with Gasteiger partial charge in [0.25, 0.3) is 0 Å². The zero-order chi connectivity index (χ0) is 32.3. The third-order valence-corrected chi connectivity index (χ3v) is 10.5. The van der Waals surface area contributed by atoms with Crippen LogP contribution >= 0.6 is 11.3 Å². The predicted molar refractivity (Wildman–Crippen MR) is 198 cm³/mol. The van der Waals surface area contributed by atoms with Gasteiger partial charge in [-0.3, -0.25) is 0 Å². The second-order valence-electron chi connectivity index (χ2n) is 13.6. The minimum absolute atomic E-state index is 0.616. The van der Waals surface area contributed by atoms with Crippen molar-refractivity contribution in [2.45, 2.75) is 110 Å². The summed E-state index contributed by atoms with van der Waals surface area (Å²) in [5.74, 6) is 3.70. The molecule has 0 bridgehead atoms. The van der Waals surface area contributed by atoms with E-state index in [0.717, 1.165) is 12.4 Å². The first-order valence-corrected chi connectivity index (χ1v) is 18.4. The van der Waals surface area contributed by atoms with Crippen LogP contribution in [-0.2, 0) is 0 Å². The number of thiazole rings is 1. The number of aromatic nitrogens is 2. The molecule has 1 aromatic carbocycles. The maximum absolute atomic E-state index is 4.76. The van der Waals surface area contributed by atoms with Crippen molar-refractivity contribution in [3.63, 3.8) is 0 Å². The van der Waals surface area contributed by atoms with Gasteiger partial charge in [-0.2, -0.15) is 0 Å². The van der Waals surface area contributed by atoms with Crippen LogP contribution in [0.25, 0.3) is 10.4 Å². The molecule has 244 valence electrons. The third-order valence-electron chi connectivity index (χ3n) is 9.30. The first-order chi connectivity index (χ1) is 21.8. The standard InChI is InChI=1S/C34H44N4S.C4H8.C2H6/c1-24(26-8-5-4-6-9-26)38(31-11-7-10-29(20-31)32-22-36-34(39-32)28-16-17-28)23-25-12-14-27(15-13-25)30-18-19-33(35-21-30)37(2)3;1-4(2)3;1-2/h7,10-11,18-22,25-28H,1,4-6,8-9,12-17,23H2,2-3H3;1H2,2-3H3;1-2H3. The van der Waals surface area contributed by atoms with Crippen LogP contribution in [0.1, 0.15) is 121 Å². The number of allylic oxidation sites excluding steroid dienone is 2. The Morgan fingerprint density at radius 3 is 2.09 bits per heavy atom. The van der Waals surface area contributed by atoms with E-state index in [1.165, 1.54) is 109 Å². The molecular formula is C40H58N4S. The fourth-order valence-corrected chi connectivity index (χ4v) is 7.74. The third kappa shape index (κ3) is 10.0. The molecular weight excluding hydrogens is 569 g/mol. The Labute approximate surface area is 278 Å². The smallest absolute Gasteiger partial charge is 0.127 e. The van der Waals surface area contributed by atoms with E-state index in [9.17, 15) is 0 Å². The van der Waals surface area contributed by atoms with Gasteiger partial charge in [-0.25, -0.2) is 9.97 Å². The lowest BCUT2D eigenvalue weighted by Crippen LogP contribution is -2.33. The van der Waals surface area contributed by atoms with E-state index in [-0.39, 0.29) is 0 Å². The first kappa shape index (κ1) is 34.9. The summed E-state index contributed by atoms with van der Waals surface area (Å²) in [5.41, 5.74) is 6.54. The van der Waals surface area contributed by atoms with Crippen LogP contribution in [0.3, 0.4) is 0 Å². The Kier molecular flexibility index (Phi) is 13.3. The average Bonchev–Trinajstić information content (AvgIpc) is 3.80. The van der Waals surface area contributed by atoms with Gasteiger partial charge in [0.1, 0.15) is 5.82 Å². The molecule has 0 N–H and O–H groups in total. The minimum Gasteiger partial charge on any atom is -0.363 e. The molecule has 3 aliphatic rings. The minimum atomic E-state index is 0.616. The Balaban J connectivity index is 0.000000713. The number of pyridine rings is 1. The van der Waals surface area contributed by atoms with Gasteiger partial charge in [0, 0.05) is 50.3 Å². The zero-order valence-corrected chi connectivity index (χ0v) is 29.8. The number of benzene rings is 1. The molecule has 0 aliphatic heterocycles. The van der Waals surface area contributed by atoms with E-state index in [1.54, 1.807) is 0 Å². The number of nitrogens with zero attached hydrogens (tertiary/aromatic N) is 4. The monoisotopic (exact) mass is 626 g/mol. The maximum Gasteiger partial charge on any atom is 0.127 e. The number of anilines is 2. The summed E-state index contributed by atoms with van der Waals surface area (Å²) < 4.78 is 0. The zero-order valence-electron chi connectivity index (χ0n) is 29.0. The normalized spacial score (nSPS) is 19.8. The SMILES string of the molecule is C=C(C)C.C=C(C1CCCCC1)N(CC1CCC(c2ccc(N(C)C)nc2)CC1)c1cccc(-c2cnc(C3CC3)s2)c1.CC. The van der Waals surface area contributed by atoms with E-state index in [2.05, 4.69) is 84.2 Å². The van der Waals surface area contributed by atoms with Gasteiger partial charge in [0.05, 0.1) is 9.88 Å². The van der Waals surface area contributed by atoms with Gasteiger partial charge in [-0.1, -0.05) is 63.5 Å². The second kappa shape index (κ2) is 17.1. The Hall–Kier alpha value is -2.92. The van der Waals surface area contributed by atoms with Crippen LogP contribution in [0.5, 0.6) is 0 Å². The molecule has 0 atom stereocenters. The van der Waals surface area contributed by atoms with Crippen molar-refractivity contribution in [3.8, 4) is 10.4 Å². The number of hydrogen-bond donors (Lipinski definition) is 0. The molecule has 0 amide bonds. The fourth-order valence-electron chi connectivity index (χ4n) is 6.65. The molecule has 3 saturated carbocycles. The molecule has 0 radical (unpaired) electrons. The van der Waals surface area contributed by atoms with Crippen LogP contribution in [0.2, 0.25) is 0 Å². The molecule has 2 heterocycles. The molecule has 0 spiro atoms. The number of rotatable bonds is 9. The molecule has 3 fully saturated rings. The highest BCUT2D eigenvalue weighted by Gasteiger charge is 2.29. The van der Waals surface area contributed by atoms with E-state index >= 15 is 0 Å². The van der Waals surface area contributed by atoms with Crippen molar-refractivity contribution >= 4 is 22.8 Å². The van der Waals surface area contributed by atoms with Gasteiger partial charge >= 0.3 is 0 Å². The van der Waals surface area contributed by atoms with Crippen molar-refractivity contribution in [1.29, 1.82) is 0 Å².